The van der Waals surface area contributed by atoms with Crippen LogP contribution in [0, 0.1) is 0 Å². The highest BCUT2D eigenvalue weighted by molar-refractivity contribution is 5.81. The van der Waals surface area contributed by atoms with Gasteiger partial charge < -0.3 is 18.9 Å². The Bertz CT molecular complexity index is 341. The summed E-state index contributed by atoms with van der Waals surface area (Å²) in [7, 11) is 0. The molecule has 20 heavy (non-hydrogen) atoms. The number of ether oxygens (including phenoxy) is 4. The van der Waals surface area contributed by atoms with Gasteiger partial charge in [0.15, 0.2) is 0 Å². The zero-order valence-corrected chi connectivity index (χ0v) is 11.5. The number of esters is 2. The van der Waals surface area contributed by atoms with Gasteiger partial charge in [-0.2, -0.15) is 0 Å². The molecule has 7 heteroatoms. The van der Waals surface area contributed by atoms with E-state index in [2.05, 4.69) is 13.2 Å². The van der Waals surface area contributed by atoms with Gasteiger partial charge in [-0.3, -0.25) is 0 Å². The summed E-state index contributed by atoms with van der Waals surface area (Å²) in [5.74, 6) is -1.22. The maximum Gasteiger partial charge on any atom is 0.508 e. The molecule has 0 spiro atoms. The van der Waals surface area contributed by atoms with Crippen LogP contribution in [-0.4, -0.2) is 43.5 Å². The van der Waals surface area contributed by atoms with E-state index in [0.29, 0.717) is 0 Å². The fraction of sp³-hybridized carbons (Fsp3) is 0.462. The number of carbonyl (C=O) groups is 3. The van der Waals surface area contributed by atoms with Crippen molar-refractivity contribution in [3.63, 3.8) is 0 Å². The van der Waals surface area contributed by atoms with Gasteiger partial charge in [-0.1, -0.05) is 13.2 Å². The summed E-state index contributed by atoms with van der Waals surface area (Å²) in [6.07, 6.45) is -0.185. The molecule has 0 fully saturated rings. The van der Waals surface area contributed by atoms with Crippen LogP contribution in [0.15, 0.2) is 25.3 Å². The fourth-order valence-corrected chi connectivity index (χ4v) is 0.973. The van der Waals surface area contributed by atoms with E-state index in [1.807, 2.05) is 0 Å². The van der Waals surface area contributed by atoms with Gasteiger partial charge >= 0.3 is 18.1 Å². The summed E-state index contributed by atoms with van der Waals surface area (Å²) >= 11 is 0. The van der Waals surface area contributed by atoms with E-state index in [1.54, 1.807) is 13.8 Å². The number of hydrogen-bond acceptors (Lipinski definition) is 7. The Kier molecular flexibility index (Phi) is 8.49. The first kappa shape index (κ1) is 17.7. The van der Waals surface area contributed by atoms with Crippen LogP contribution in [0.5, 0.6) is 0 Å². The highest BCUT2D eigenvalue weighted by Gasteiger charge is 2.13. The summed E-state index contributed by atoms with van der Waals surface area (Å²) in [5.41, 5.74) is 0. The molecule has 2 unspecified atom stereocenters. The second-order valence-electron chi connectivity index (χ2n) is 3.78. The number of hydrogen-bond donors (Lipinski definition) is 0. The molecular weight excluding hydrogens is 268 g/mol. The quantitative estimate of drug-likeness (QED) is 0.378. The maximum atomic E-state index is 11.2. The smallest absolute Gasteiger partial charge is 0.456 e. The molecule has 0 aliphatic heterocycles. The topological polar surface area (TPSA) is 88.1 Å². The lowest BCUT2D eigenvalue weighted by Crippen LogP contribution is -2.25. The average molecular weight is 286 g/mol. The largest absolute Gasteiger partial charge is 0.508 e. The summed E-state index contributed by atoms with van der Waals surface area (Å²) in [6, 6.07) is 0. The first-order chi connectivity index (χ1) is 9.38. The fourth-order valence-electron chi connectivity index (χ4n) is 0.973. The van der Waals surface area contributed by atoms with Crippen molar-refractivity contribution in [2.45, 2.75) is 26.1 Å². The molecule has 112 valence electrons. The minimum absolute atomic E-state index is 0.154. The van der Waals surface area contributed by atoms with Crippen molar-refractivity contribution >= 4 is 18.1 Å². The zero-order valence-electron chi connectivity index (χ0n) is 11.5. The normalized spacial score (nSPS) is 12.5. The lowest BCUT2D eigenvalue weighted by atomic mass is 10.4. The highest BCUT2D eigenvalue weighted by atomic mass is 16.7. The van der Waals surface area contributed by atoms with Gasteiger partial charge in [0.1, 0.15) is 25.4 Å². The van der Waals surface area contributed by atoms with Gasteiger partial charge in [0.05, 0.1) is 0 Å². The Labute approximate surface area is 117 Å². The Balaban J connectivity index is 3.83. The van der Waals surface area contributed by atoms with Crippen LogP contribution < -0.4 is 0 Å². The Hall–Kier alpha value is -2.31. The van der Waals surface area contributed by atoms with Crippen molar-refractivity contribution in [2.75, 3.05) is 13.2 Å². The van der Waals surface area contributed by atoms with Crippen molar-refractivity contribution in [2.24, 2.45) is 0 Å². The third kappa shape index (κ3) is 8.73. The first-order valence-electron chi connectivity index (χ1n) is 5.84. The summed E-state index contributed by atoms with van der Waals surface area (Å²) in [5, 5.41) is 0. The summed E-state index contributed by atoms with van der Waals surface area (Å²) < 4.78 is 18.9. The molecule has 7 nitrogen and oxygen atoms in total. The minimum Gasteiger partial charge on any atom is -0.456 e. The van der Waals surface area contributed by atoms with Crippen LogP contribution in [0.1, 0.15) is 13.8 Å². The van der Waals surface area contributed by atoms with Crippen LogP contribution in [0.2, 0.25) is 0 Å². The van der Waals surface area contributed by atoms with Gasteiger partial charge in [-0.15, -0.1) is 0 Å². The Morgan fingerprint density at radius 1 is 0.900 bits per heavy atom. The maximum absolute atomic E-state index is 11.2. The molecule has 0 aromatic rings. The molecule has 0 saturated carbocycles. The van der Waals surface area contributed by atoms with E-state index in [9.17, 15) is 14.4 Å². The molecule has 0 N–H and O–H groups in total. The lowest BCUT2D eigenvalue weighted by Gasteiger charge is -2.14. The molecule has 0 saturated heterocycles. The van der Waals surface area contributed by atoms with E-state index in [-0.39, 0.29) is 13.2 Å². The third-order valence-corrected chi connectivity index (χ3v) is 1.84. The third-order valence-electron chi connectivity index (χ3n) is 1.84. The van der Waals surface area contributed by atoms with Crippen molar-refractivity contribution in [3.05, 3.63) is 25.3 Å². The predicted octanol–water partition coefficient (Wildman–Crippen LogP) is 1.38. The monoisotopic (exact) mass is 286 g/mol. The second-order valence-corrected chi connectivity index (χ2v) is 3.78. The van der Waals surface area contributed by atoms with Crippen molar-refractivity contribution in [1.82, 2.24) is 0 Å². The first-order valence-corrected chi connectivity index (χ1v) is 5.84. The summed E-state index contributed by atoms with van der Waals surface area (Å²) in [6.45, 7) is 9.25. The van der Waals surface area contributed by atoms with E-state index >= 15 is 0 Å². The van der Waals surface area contributed by atoms with Gasteiger partial charge in [-0.25, -0.2) is 14.4 Å². The van der Waals surface area contributed by atoms with E-state index in [0.717, 1.165) is 12.2 Å². The molecule has 0 aromatic heterocycles. The van der Waals surface area contributed by atoms with E-state index in [4.69, 9.17) is 18.9 Å². The molecule has 2 atom stereocenters. The molecule has 0 rings (SSSR count). The van der Waals surface area contributed by atoms with Crippen LogP contribution in [0.25, 0.3) is 0 Å². The Morgan fingerprint density at radius 2 is 1.25 bits per heavy atom. The minimum atomic E-state index is -0.951. The van der Waals surface area contributed by atoms with Gasteiger partial charge in [0, 0.05) is 12.2 Å². The molecule has 0 amide bonds. The van der Waals surface area contributed by atoms with Gasteiger partial charge in [0.25, 0.3) is 0 Å². The molecule has 0 heterocycles. The molecule has 0 aromatic carbocycles. The summed E-state index contributed by atoms with van der Waals surface area (Å²) in [4.78, 5) is 32.9. The van der Waals surface area contributed by atoms with Gasteiger partial charge in [-0.05, 0) is 13.8 Å². The molecule has 0 aliphatic rings. The van der Waals surface area contributed by atoms with Crippen LogP contribution in [0.3, 0.4) is 0 Å². The molecule has 0 aliphatic carbocycles. The predicted molar refractivity (Wildman–Crippen MR) is 68.8 cm³/mol. The standard InChI is InChI=1S/C13H18O7/c1-5-11(14)19-9(3)7-17-13(16)18-8-10(4)20-12(15)6-2/h5-6,9-10H,1-2,7-8H2,3-4H3. The highest BCUT2D eigenvalue weighted by Crippen LogP contribution is 1.98. The Morgan fingerprint density at radius 3 is 1.55 bits per heavy atom. The number of rotatable bonds is 8. The van der Waals surface area contributed by atoms with Crippen LogP contribution in [-0.2, 0) is 28.5 Å². The van der Waals surface area contributed by atoms with Gasteiger partial charge in [0.2, 0.25) is 0 Å². The second kappa shape index (κ2) is 9.60. The van der Waals surface area contributed by atoms with Crippen molar-refractivity contribution in [3.8, 4) is 0 Å². The molecule has 0 bridgehead atoms. The van der Waals surface area contributed by atoms with Crippen molar-refractivity contribution < 1.29 is 33.3 Å². The van der Waals surface area contributed by atoms with Crippen LogP contribution in [0.4, 0.5) is 4.79 Å². The van der Waals surface area contributed by atoms with Crippen molar-refractivity contribution in [1.29, 1.82) is 0 Å². The molecule has 0 radical (unpaired) electrons. The molecular formula is C13H18O7. The lowest BCUT2D eigenvalue weighted by molar-refractivity contribution is -0.145. The van der Waals surface area contributed by atoms with Crippen LogP contribution >= 0.6 is 0 Å². The van der Waals surface area contributed by atoms with E-state index < -0.39 is 30.3 Å². The average Bonchev–Trinajstić information content (AvgIpc) is 2.42. The zero-order chi connectivity index (χ0) is 15.5. The number of carbonyl (C=O) groups excluding carboxylic acids is 3. The SMILES string of the molecule is C=CC(=O)OC(C)COC(=O)OCC(C)OC(=O)C=C. The van der Waals surface area contributed by atoms with E-state index in [1.165, 1.54) is 0 Å².